The summed E-state index contributed by atoms with van der Waals surface area (Å²) in [5.74, 6) is 2.63. The normalized spacial score (nSPS) is 24.7. The number of rotatable bonds is 1. The van der Waals surface area contributed by atoms with Crippen molar-refractivity contribution in [1.82, 2.24) is 9.38 Å². The van der Waals surface area contributed by atoms with E-state index in [9.17, 15) is 0 Å². The standard InChI is InChI=1S/C12H13BrN2/c1-7-3-10(7)11-4-9-5-14-8(2)15(9)6-12(11)13/h4-7,10H,3H2,1-2H3/t7?,10-/m0/s1. The molecule has 1 fully saturated rings. The minimum atomic E-state index is 0.750. The first-order chi connectivity index (χ1) is 7.16. The third-order valence-corrected chi connectivity index (χ3v) is 4.00. The van der Waals surface area contributed by atoms with Gasteiger partial charge in [-0.1, -0.05) is 6.92 Å². The van der Waals surface area contributed by atoms with E-state index in [2.05, 4.69) is 44.5 Å². The van der Waals surface area contributed by atoms with Gasteiger partial charge in [-0.05, 0) is 52.7 Å². The van der Waals surface area contributed by atoms with Gasteiger partial charge in [-0.15, -0.1) is 0 Å². The van der Waals surface area contributed by atoms with Gasteiger partial charge in [0.05, 0.1) is 11.7 Å². The van der Waals surface area contributed by atoms with Crippen LogP contribution in [-0.4, -0.2) is 9.38 Å². The van der Waals surface area contributed by atoms with Gasteiger partial charge in [0.25, 0.3) is 0 Å². The first-order valence-corrected chi connectivity index (χ1v) is 6.09. The predicted octanol–water partition coefficient (Wildman–Crippen LogP) is 3.53. The van der Waals surface area contributed by atoms with E-state index in [1.807, 2.05) is 13.1 Å². The Kier molecular flexibility index (Phi) is 1.93. The van der Waals surface area contributed by atoms with Crippen molar-refractivity contribution in [2.24, 2.45) is 5.92 Å². The SMILES string of the molecule is Cc1ncc2cc([C@H]3CC3C)c(Br)cn12. The van der Waals surface area contributed by atoms with Crippen molar-refractivity contribution in [2.75, 3.05) is 0 Å². The van der Waals surface area contributed by atoms with Crippen LogP contribution in [0.4, 0.5) is 0 Å². The predicted molar refractivity (Wildman–Crippen MR) is 64.2 cm³/mol. The van der Waals surface area contributed by atoms with E-state index in [0.717, 1.165) is 17.7 Å². The lowest BCUT2D eigenvalue weighted by atomic mass is 10.1. The maximum absolute atomic E-state index is 4.32. The van der Waals surface area contributed by atoms with Crippen LogP contribution < -0.4 is 0 Å². The molecule has 0 amide bonds. The molecule has 78 valence electrons. The molecule has 3 rings (SSSR count). The highest BCUT2D eigenvalue weighted by atomic mass is 79.9. The highest BCUT2D eigenvalue weighted by Crippen LogP contribution is 2.49. The van der Waals surface area contributed by atoms with E-state index < -0.39 is 0 Å². The molecule has 1 unspecified atom stereocenters. The van der Waals surface area contributed by atoms with E-state index in [1.54, 1.807) is 0 Å². The van der Waals surface area contributed by atoms with Crippen molar-refractivity contribution in [3.05, 3.63) is 34.3 Å². The Morgan fingerprint density at radius 3 is 2.93 bits per heavy atom. The lowest BCUT2D eigenvalue weighted by molar-refractivity contribution is 0.906. The van der Waals surface area contributed by atoms with Gasteiger partial charge in [-0.2, -0.15) is 0 Å². The second kappa shape index (κ2) is 3.08. The summed E-state index contributed by atoms with van der Waals surface area (Å²) in [6.45, 7) is 4.34. The minimum absolute atomic E-state index is 0.750. The number of nitrogens with zero attached hydrogens (tertiary/aromatic N) is 2. The van der Waals surface area contributed by atoms with Crippen LogP contribution >= 0.6 is 15.9 Å². The van der Waals surface area contributed by atoms with Crippen molar-refractivity contribution in [2.45, 2.75) is 26.2 Å². The van der Waals surface area contributed by atoms with E-state index in [-0.39, 0.29) is 0 Å². The molecule has 0 N–H and O–H groups in total. The van der Waals surface area contributed by atoms with Crippen molar-refractivity contribution in [1.29, 1.82) is 0 Å². The summed E-state index contributed by atoms with van der Waals surface area (Å²) in [6.07, 6.45) is 5.40. The number of fused-ring (bicyclic) bond motifs is 1. The van der Waals surface area contributed by atoms with E-state index >= 15 is 0 Å². The fourth-order valence-corrected chi connectivity index (χ4v) is 2.81. The molecule has 1 saturated carbocycles. The lowest BCUT2D eigenvalue weighted by Crippen LogP contribution is -1.92. The highest BCUT2D eigenvalue weighted by molar-refractivity contribution is 9.10. The van der Waals surface area contributed by atoms with Gasteiger partial charge in [-0.3, -0.25) is 0 Å². The fourth-order valence-electron chi connectivity index (χ4n) is 2.20. The molecule has 0 radical (unpaired) electrons. The van der Waals surface area contributed by atoms with Crippen LogP contribution in [0, 0.1) is 12.8 Å². The third-order valence-electron chi connectivity index (χ3n) is 3.34. The number of imidazole rings is 1. The molecule has 3 heteroatoms. The summed E-state index contributed by atoms with van der Waals surface area (Å²) < 4.78 is 3.34. The Bertz CT molecular complexity index is 530. The molecule has 0 bridgehead atoms. The zero-order valence-corrected chi connectivity index (χ0v) is 10.5. The number of aromatic nitrogens is 2. The lowest BCUT2D eigenvalue weighted by Gasteiger charge is -2.05. The van der Waals surface area contributed by atoms with E-state index in [1.165, 1.54) is 22.0 Å². The molecule has 0 saturated heterocycles. The summed E-state index contributed by atoms with van der Waals surface area (Å²) in [7, 11) is 0. The molecule has 1 aliphatic carbocycles. The highest BCUT2D eigenvalue weighted by Gasteiger charge is 2.35. The van der Waals surface area contributed by atoms with Crippen LogP contribution in [-0.2, 0) is 0 Å². The summed E-state index contributed by atoms with van der Waals surface area (Å²) in [4.78, 5) is 4.32. The summed E-state index contributed by atoms with van der Waals surface area (Å²) in [5.41, 5.74) is 2.64. The second-order valence-electron chi connectivity index (χ2n) is 4.50. The molecule has 2 aromatic rings. The maximum Gasteiger partial charge on any atom is 0.110 e. The topological polar surface area (TPSA) is 17.3 Å². The van der Waals surface area contributed by atoms with E-state index in [4.69, 9.17) is 0 Å². The zero-order chi connectivity index (χ0) is 10.6. The smallest absolute Gasteiger partial charge is 0.110 e. The molecule has 0 spiro atoms. The Morgan fingerprint density at radius 1 is 1.53 bits per heavy atom. The Hall–Kier alpha value is -0.830. The van der Waals surface area contributed by atoms with Crippen molar-refractivity contribution < 1.29 is 0 Å². The molecule has 2 heterocycles. The average Bonchev–Trinajstić information content (AvgIpc) is 2.82. The van der Waals surface area contributed by atoms with Crippen molar-refractivity contribution >= 4 is 21.4 Å². The van der Waals surface area contributed by atoms with Crippen LogP contribution in [0.2, 0.25) is 0 Å². The summed E-state index contributed by atoms with van der Waals surface area (Å²) >= 11 is 3.66. The van der Waals surface area contributed by atoms with Crippen molar-refractivity contribution in [3.63, 3.8) is 0 Å². The van der Waals surface area contributed by atoms with Gasteiger partial charge in [-0.25, -0.2) is 4.98 Å². The van der Waals surface area contributed by atoms with Gasteiger partial charge >= 0.3 is 0 Å². The molecule has 15 heavy (non-hydrogen) atoms. The van der Waals surface area contributed by atoms with E-state index in [0.29, 0.717) is 0 Å². The molecule has 2 nitrogen and oxygen atoms in total. The molecule has 0 aromatic carbocycles. The Balaban J connectivity index is 2.19. The number of halogens is 1. The maximum atomic E-state index is 4.32. The average molecular weight is 265 g/mol. The molecule has 2 atom stereocenters. The van der Waals surface area contributed by atoms with Crippen LogP contribution in [0.15, 0.2) is 22.9 Å². The number of pyridine rings is 1. The number of aryl methyl sites for hydroxylation is 1. The molecule has 2 aromatic heterocycles. The first kappa shape index (κ1) is 9.40. The van der Waals surface area contributed by atoms with Gasteiger partial charge in [0.1, 0.15) is 5.82 Å². The largest absolute Gasteiger partial charge is 0.303 e. The molecule has 0 aliphatic heterocycles. The molecular weight excluding hydrogens is 252 g/mol. The van der Waals surface area contributed by atoms with Crippen LogP contribution in [0.1, 0.15) is 30.7 Å². The fraction of sp³-hybridized carbons (Fsp3) is 0.417. The third kappa shape index (κ3) is 1.41. The van der Waals surface area contributed by atoms with Crippen LogP contribution in [0.3, 0.4) is 0 Å². The monoisotopic (exact) mass is 264 g/mol. The van der Waals surface area contributed by atoms with Crippen molar-refractivity contribution in [3.8, 4) is 0 Å². The quantitative estimate of drug-likeness (QED) is 0.771. The van der Waals surface area contributed by atoms with Gasteiger partial charge < -0.3 is 4.40 Å². The Morgan fingerprint density at radius 2 is 2.27 bits per heavy atom. The summed E-state index contributed by atoms with van der Waals surface area (Å²) in [6, 6.07) is 2.26. The van der Waals surface area contributed by atoms with Gasteiger partial charge in [0.15, 0.2) is 0 Å². The Labute approximate surface area is 97.5 Å². The molecule has 1 aliphatic rings. The van der Waals surface area contributed by atoms with Crippen LogP contribution in [0.5, 0.6) is 0 Å². The second-order valence-corrected chi connectivity index (χ2v) is 5.35. The minimum Gasteiger partial charge on any atom is -0.303 e. The molecular formula is C12H13BrN2. The first-order valence-electron chi connectivity index (χ1n) is 5.30. The summed E-state index contributed by atoms with van der Waals surface area (Å²) in [5, 5.41) is 0. The zero-order valence-electron chi connectivity index (χ0n) is 8.87. The number of hydrogen-bond donors (Lipinski definition) is 0. The van der Waals surface area contributed by atoms with Gasteiger partial charge in [0, 0.05) is 10.7 Å². The van der Waals surface area contributed by atoms with Gasteiger partial charge in [0.2, 0.25) is 0 Å². The number of hydrogen-bond acceptors (Lipinski definition) is 1. The van der Waals surface area contributed by atoms with Crippen LogP contribution in [0.25, 0.3) is 5.52 Å².